The Morgan fingerprint density at radius 2 is 2.26 bits per heavy atom. The summed E-state index contributed by atoms with van der Waals surface area (Å²) in [6, 6.07) is 0. The summed E-state index contributed by atoms with van der Waals surface area (Å²) in [5.41, 5.74) is 1.63. The van der Waals surface area contributed by atoms with E-state index < -0.39 is 47.4 Å². The molecule has 0 aliphatic carbocycles. The van der Waals surface area contributed by atoms with E-state index in [1.165, 1.54) is 6.92 Å². The molecule has 1 saturated heterocycles. The molecule has 8 heteroatoms. The minimum absolute atomic E-state index is 0.0824. The van der Waals surface area contributed by atoms with Gasteiger partial charge in [0.05, 0.1) is 12.7 Å². The smallest absolute Gasteiger partial charge is 0.291 e. The molecular weight excluding hydrogens is 262 g/mol. The van der Waals surface area contributed by atoms with Gasteiger partial charge < -0.3 is 20.7 Å². The van der Waals surface area contributed by atoms with Crippen LogP contribution >= 0.6 is 0 Å². The molecule has 0 saturated carbocycles. The fourth-order valence-corrected chi connectivity index (χ4v) is 2.20. The van der Waals surface area contributed by atoms with E-state index in [4.69, 9.17) is 15.6 Å². The van der Waals surface area contributed by atoms with Gasteiger partial charge in [0.25, 0.3) is 5.56 Å². The third-order valence-electron chi connectivity index (χ3n) is 3.25. The van der Waals surface area contributed by atoms with Gasteiger partial charge in [0, 0.05) is 12.6 Å². The molecule has 3 atom stereocenters. The van der Waals surface area contributed by atoms with Gasteiger partial charge in [-0.25, -0.2) is 4.39 Å². The summed E-state index contributed by atoms with van der Waals surface area (Å²) in [6.45, 7) is 0.924. The molecule has 19 heavy (non-hydrogen) atoms. The van der Waals surface area contributed by atoms with Crippen LogP contribution in [-0.2, 0) is 10.5 Å². The third-order valence-corrected chi connectivity index (χ3v) is 3.25. The highest BCUT2D eigenvalue weighted by atomic mass is 19.1. The van der Waals surface area contributed by atoms with Gasteiger partial charge in [0.1, 0.15) is 17.5 Å². The van der Waals surface area contributed by atoms with Crippen LogP contribution in [0.15, 0.2) is 11.0 Å². The number of anilines is 1. The number of rotatable bonds is 2. The molecule has 1 aromatic rings. The Morgan fingerprint density at radius 1 is 1.63 bits per heavy atom. The van der Waals surface area contributed by atoms with Crippen LogP contribution in [-0.4, -0.2) is 33.6 Å². The van der Waals surface area contributed by atoms with Gasteiger partial charge in [-0.1, -0.05) is 0 Å². The Labute approximate surface area is 107 Å². The highest BCUT2D eigenvalue weighted by molar-refractivity contribution is 5.38. The van der Waals surface area contributed by atoms with Crippen molar-refractivity contribution in [1.82, 2.24) is 4.57 Å². The van der Waals surface area contributed by atoms with E-state index in [2.05, 4.69) is 0 Å². The Bertz CT molecular complexity index is 562. The number of aliphatic hydroxyl groups excluding tert-OH is 2. The number of aromatic nitrogens is 1. The van der Waals surface area contributed by atoms with E-state index in [1.54, 1.807) is 0 Å². The summed E-state index contributed by atoms with van der Waals surface area (Å²) < 4.78 is 32.9. The zero-order valence-electron chi connectivity index (χ0n) is 10.1. The van der Waals surface area contributed by atoms with E-state index in [0.717, 1.165) is 6.20 Å². The van der Waals surface area contributed by atoms with E-state index in [0.29, 0.717) is 4.57 Å². The average molecular weight is 276 g/mol. The summed E-state index contributed by atoms with van der Waals surface area (Å²) in [7, 11) is 0. The summed E-state index contributed by atoms with van der Waals surface area (Å²) >= 11 is 0. The molecule has 1 aromatic heterocycles. The van der Waals surface area contributed by atoms with Crippen LogP contribution in [0.25, 0.3) is 0 Å². The highest BCUT2D eigenvalue weighted by Crippen LogP contribution is 2.34. The predicted octanol–water partition coefficient (Wildman–Crippen LogP) is -0.477. The number of nitrogens with zero attached hydrogens (tertiary/aromatic N) is 1. The van der Waals surface area contributed by atoms with Gasteiger partial charge in [0.15, 0.2) is 5.82 Å². The Hall–Kier alpha value is -1.51. The standard InChI is InChI=1S/C11H14F2N2O4/c1-11(2-6(17)7(4-16)19-11)15-3-5(12)9(14)8(13)10(15)18/h3,6-7,16-17H,2,4,14H2,1H3. The monoisotopic (exact) mass is 276 g/mol. The molecule has 0 bridgehead atoms. The molecule has 2 heterocycles. The third kappa shape index (κ3) is 2.11. The van der Waals surface area contributed by atoms with Crippen molar-refractivity contribution >= 4 is 5.69 Å². The second-order valence-electron chi connectivity index (χ2n) is 4.67. The van der Waals surface area contributed by atoms with Crippen molar-refractivity contribution in [2.24, 2.45) is 0 Å². The highest BCUT2D eigenvalue weighted by Gasteiger charge is 2.44. The minimum atomic E-state index is -1.45. The van der Waals surface area contributed by atoms with Crippen molar-refractivity contribution in [3.05, 3.63) is 28.2 Å². The lowest BCUT2D eigenvalue weighted by Gasteiger charge is -2.27. The summed E-state index contributed by atoms with van der Waals surface area (Å²) in [4.78, 5) is 11.8. The maximum Gasteiger partial charge on any atom is 0.291 e. The van der Waals surface area contributed by atoms with E-state index in [-0.39, 0.29) is 6.42 Å². The second-order valence-corrected chi connectivity index (χ2v) is 4.67. The van der Waals surface area contributed by atoms with Crippen molar-refractivity contribution < 1.29 is 23.7 Å². The first kappa shape index (κ1) is 13.9. The summed E-state index contributed by atoms with van der Waals surface area (Å²) in [5.74, 6) is -2.50. The van der Waals surface area contributed by atoms with Crippen LogP contribution in [0.1, 0.15) is 13.3 Å². The molecule has 1 fully saturated rings. The topological polar surface area (TPSA) is 97.7 Å². The maximum absolute atomic E-state index is 13.5. The van der Waals surface area contributed by atoms with E-state index in [9.17, 15) is 18.7 Å². The normalized spacial score (nSPS) is 30.8. The molecule has 4 N–H and O–H groups in total. The van der Waals surface area contributed by atoms with Gasteiger partial charge in [-0.3, -0.25) is 9.36 Å². The largest absolute Gasteiger partial charge is 0.394 e. The fourth-order valence-electron chi connectivity index (χ4n) is 2.20. The predicted molar refractivity (Wildman–Crippen MR) is 61.3 cm³/mol. The van der Waals surface area contributed by atoms with Crippen molar-refractivity contribution in [3.8, 4) is 0 Å². The SMILES string of the molecule is CC1(n2cc(F)c(N)c(F)c2=O)CC(O)C(CO)O1. The van der Waals surface area contributed by atoms with Crippen LogP contribution in [0, 0.1) is 11.6 Å². The lowest BCUT2D eigenvalue weighted by molar-refractivity contribution is -0.108. The number of nitrogens with two attached hydrogens (primary N) is 1. The number of hydrogen-bond acceptors (Lipinski definition) is 5. The molecule has 106 valence electrons. The van der Waals surface area contributed by atoms with Crippen molar-refractivity contribution in [3.63, 3.8) is 0 Å². The van der Waals surface area contributed by atoms with Crippen LogP contribution in [0.2, 0.25) is 0 Å². The lowest BCUT2D eigenvalue weighted by atomic mass is 10.1. The number of aliphatic hydroxyl groups is 2. The Kier molecular flexibility index (Phi) is 3.33. The molecule has 0 radical (unpaired) electrons. The quantitative estimate of drug-likeness (QED) is 0.678. The van der Waals surface area contributed by atoms with E-state index >= 15 is 0 Å². The van der Waals surface area contributed by atoms with Crippen molar-refractivity contribution in [2.45, 2.75) is 31.3 Å². The van der Waals surface area contributed by atoms with Gasteiger partial charge in [-0.05, 0) is 6.92 Å². The number of ether oxygens (including phenoxy) is 1. The number of pyridine rings is 1. The van der Waals surface area contributed by atoms with Crippen LogP contribution in [0.4, 0.5) is 14.5 Å². The maximum atomic E-state index is 13.5. The zero-order valence-corrected chi connectivity index (χ0v) is 10.1. The van der Waals surface area contributed by atoms with Gasteiger partial charge in [-0.2, -0.15) is 4.39 Å². The van der Waals surface area contributed by atoms with Crippen LogP contribution in [0.5, 0.6) is 0 Å². The first-order valence-corrected chi connectivity index (χ1v) is 5.63. The Morgan fingerprint density at radius 3 is 2.79 bits per heavy atom. The Balaban J connectivity index is 2.52. The molecule has 0 amide bonds. The molecule has 3 unspecified atom stereocenters. The van der Waals surface area contributed by atoms with Gasteiger partial charge in [0.2, 0.25) is 5.82 Å². The van der Waals surface area contributed by atoms with Crippen molar-refractivity contribution in [1.29, 1.82) is 0 Å². The molecule has 1 aliphatic rings. The average Bonchev–Trinajstić information content (AvgIpc) is 2.67. The van der Waals surface area contributed by atoms with Gasteiger partial charge >= 0.3 is 0 Å². The first-order chi connectivity index (χ1) is 8.80. The van der Waals surface area contributed by atoms with Crippen molar-refractivity contribution in [2.75, 3.05) is 12.3 Å². The summed E-state index contributed by atoms with van der Waals surface area (Å²) in [6.07, 6.45) is -1.31. The molecule has 0 aromatic carbocycles. The van der Waals surface area contributed by atoms with Gasteiger partial charge in [-0.15, -0.1) is 0 Å². The fraction of sp³-hybridized carbons (Fsp3) is 0.545. The van der Waals surface area contributed by atoms with Crippen LogP contribution in [0.3, 0.4) is 0 Å². The number of nitrogen functional groups attached to an aromatic ring is 1. The first-order valence-electron chi connectivity index (χ1n) is 5.63. The van der Waals surface area contributed by atoms with Crippen LogP contribution < -0.4 is 11.3 Å². The van der Waals surface area contributed by atoms with E-state index in [1.807, 2.05) is 0 Å². The molecular formula is C11H14F2N2O4. The molecule has 2 rings (SSSR count). The summed E-state index contributed by atoms with van der Waals surface area (Å²) in [5, 5.41) is 18.7. The zero-order chi connectivity index (χ0) is 14.4. The molecule has 6 nitrogen and oxygen atoms in total. The molecule has 0 spiro atoms. The lowest BCUT2D eigenvalue weighted by Crippen LogP contribution is -2.40. The minimum Gasteiger partial charge on any atom is -0.394 e. The molecule has 1 aliphatic heterocycles. The number of halogens is 2. The number of hydrogen-bond donors (Lipinski definition) is 3. The second kappa shape index (κ2) is 4.55.